The smallest absolute Gasteiger partial charge is 0.264 e. The minimum Gasteiger partial charge on any atom is -0.350 e. The van der Waals surface area contributed by atoms with Crippen molar-refractivity contribution in [2.75, 3.05) is 6.54 Å². The van der Waals surface area contributed by atoms with Gasteiger partial charge in [-0.25, -0.2) is 0 Å². The Kier molecular flexibility index (Phi) is 3.32. The molecule has 13 heavy (non-hydrogen) atoms. The molecule has 0 saturated heterocycles. The molecule has 0 aliphatic heterocycles. The summed E-state index contributed by atoms with van der Waals surface area (Å²) in [6, 6.07) is -0.0369. The van der Waals surface area contributed by atoms with Crippen LogP contribution in [0.4, 0.5) is 0 Å². The van der Waals surface area contributed by atoms with Gasteiger partial charge in [0.1, 0.15) is 4.88 Å². The van der Waals surface area contributed by atoms with E-state index in [4.69, 9.17) is 5.73 Å². The van der Waals surface area contributed by atoms with Crippen molar-refractivity contribution in [1.82, 2.24) is 14.9 Å². The summed E-state index contributed by atoms with van der Waals surface area (Å²) < 4.78 is 3.67. The lowest BCUT2D eigenvalue weighted by atomic mass is 10.3. The molecule has 1 rings (SSSR count). The number of carbonyl (C=O) groups is 1. The molecule has 0 aromatic carbocycles. The highest BCUT2D eigenvalue weighted by molar-refractivity contribution is 7.07. The summed E-state index contributed by atoms with van der Waals surface area (Å²) in [6.45, 7) is 4.05. The van der Waals surface area contributed by atoms with Crippen molar-refractivity contribution in [2.45, 2.75) is 19.9 Å². The first-order chi connectivity index (χ1) is 6.11. The zero-order valence-corrected chi connectivity index (χ0v) is 8.39. The lowest BCUT2D eigenvalue weighted by Gasteiger charge is -2.05. The minimum atomic E-state index is -0.148. The Labute approximate surface area is 80.5 Å². The van der Waals surface area contributed by atoms with E-state index in [1.807, 2.05) is 6.92 Å². The van der Waals surface area contributed by atoms with Gasteiger partial charge in [0.2, 0.25) is 0 Å². The van der Waals surface area contributed by atoms with Crippen molar-refractivity contribution in [2.24, 2.45) is 5.73 Å². The monoisotopic (exact) mass is 200 g/mol. The van der Waals surface area contributed by atoms with Crippen LogP contribution in [-0.4, -0.2) is 28.1 Å². The molecule has 5 nitrogen and oxygen atoms in total. The number of nitrogens with zero attached hydrogens (tertiary/aromatic N) is 2. The van der Waals surface area contributed by atoms with Gasteiger partial charge >= 0.3 is 0 Å². The molecule has 1 unspecified atom stereocenters. The molecule has 6 heteroatoms. The van der Waals surface area contributed by atoms with Gasteiger partial charge in [-0.2, -0.15) is 0 Å². The molecule has 1 aromatic rings. The Balaban J connectivity index is 2.54. The van der Waals surface area contributed by atoms with Crippen LogP contribution in [0.5, 0.6) is 0 Å². The zero-order chi connectivity index (χ0) is 9.84. The maximum absolute atomic E-state index is 11.4. The number of carbonyl (C=O) groups excluding carboxylic acids is 1. The Morgan fingerprint density at radius 3 is 2.92 bits per heavy atom. The predicted molar refractivity (Wildman–Crippen MR) is 50.6 cm³/mol. The SMILES string of the molecule is Cc1nnsc1C(=O)NCC(C)N. The van der Waals surface area contributed by atoms with Crippen molar-refractivity contribution in [3.8, 4) is 0 Å². The number of aromatic nitrogens is 2. The lowest BCUT2D eigenvalue weighted by Crippen LogP contribution is -2.35. The third-order valence-corrected chi connectivity index (χ3v) is 2.27. The van der Waals surface area contributed by atoms with Gasteiger partial charge in [-0.3, -0.25) is 4.79 Å². The number of amides is 1. The summed E-state index contributed by atoms with van der Waals surface area (Å²) >= 11 is 1.10. The fraction of sp³-hybridized carbons (Fsp3) is 0.571. The molecule has 0 bridgehead atoms. The molecule has 0 spiro atoms. The third kappa shape index (κ3) is 2.74. The summed E-state index contributed by atoms with van der Waals surface area (Å²) in [5.74, 6) is -0.148. The summed E-state index contributed by atoms with van der Waals surface area (Å²) in [5.41, 5.74) is 6.15. The Morgan fingerprint density at radius 2 is 2.46 bits per heavy atom. The van der Waals surface area contributed by atoms with E-state index in [1.165, 1.54) is 0 Å². The van der Waals surface area contributed by atoms with Gasteiger partial charge in [0.25, 0.3) is 5.91 Å². The number of hydrogen-bond donors (Lipinski definition) is 2. The first kappa shape index (κ1) is 10.1. The van der Waals surface area contributed by atoms with E-state index in [1.54, 1.807) is 6.92 Å². The first-order valence-electron chi connectivity index (χ1n) is 3.94. The topological polar surface area (TPSA) is 80.9 Å². The summed E-state index contributed by atoms with van der Waals surface area (Å²) in [6.07, 6.45) is 0. The molecule has 0 saturated carbocycles. The molecule has 3 N–H and O–H groups in total. The highest BCUT2D eigenvalue weighted by Crippen LogP contribution is 2.07. The molecule has 1 atom stereocenters. The Morgan fingerprint density at radius 1 is 1.77 bits per heavy atom. The quantitative estimate of drug-likeness (QED) is 0.715. The molecule has 1 aromatic heterocycles. The molecule has 72 valence electrons. The van der Waals surface area contributed by atoms with Crippen molar-refractivity contribution in [3.05, 3.63) is 10.6 Å². The Hall–Kier alpha value is -1.01. The second-order valence-corrected chi connectivity index (χ2v) is 3.63. The van der Waals surface area contributed by atoms with Crippen molar-refractivity contribution < 1.29 is 4.79 Å². The van der Waals surface area contributed by atoms with Gasteiger partial charge in [0, 0.05) is 12.6 Å². The number of nitrogens with one attached hydrogen (secondary N) is 1. The average Bonchev–Trinajstić information content (AvgIpc) is 2.47. The second kappa shape index (κ2) is 4.29. The van der Waals surface area contributed by atoms with E-state index in [2.05, 4.69) is 14.9 Å². The average molecular weight is 200 g/mol. The fourth-order valence-electron chi connectivity index (χ4n) is 0.774. The van der Waals surface area contributed by atoms with Crippen molar-refractivity contribution >= 4 is 17.4 Å². The molecular weight excluding hydrogens is 188 g/mol. The van der Waals surface area contributed by atoms with Crippen LogP contribution in [-0.2, 0) is 0 Å². The second-order valence-electron chi connectivity index (χ2n) is 2.87. The molecule has 1 heterocycles. The van der Waals surface area contributed by atoms with Crippen LogP contribution in [0.1, 0.15) is 22.3 Å². The fourth-order valence-corrected chi connectivity index (χ4v) is 1.35. The van der Waals surface area contributed by atoms with Gasteiger partial charge in [0.15, 0.2) is 0 Å². The predicted octanol–water partition coefficient (Wildman–Crippen LogP) is -0.0765. The van der Waals surface area contributed by atoms with E-state index >= 15 is 0 Å². The van der Waals surface area contributed by atoms with Crippen LogP contribution in [0.2, 0.25) is 0 Å². The van der Waals surface area contributed by atoms with Gasteiger partial charge < -0.3 is 11.1 Å². The van der Waals surface area contributed by atoms with Gasteiger partial charge in [0.05, 0.1) is 5.69 Å². The van der Waals surface area contributed by atoms with Crippen molar-refractivity contribution in [3.63, 3.8) is 0 Å². The van der Waals surface area contributed by atoms with Crippen LogP contribution in [0.25, 0.3) is 0 Å². The molecule has 0 radical (unpaired) electrons. The van der Waals surface area contributed by atoms with E-state index in [9.17, 15) is 4.79 Å². The molecular formula is C7H12N4OS. The largest absolute Gasteiger partial charge is 0.350 e. The number of nitrogens with two attached hydrogens (primary N) is 1. The summed E-state index contributed by atoms with van der Waals surface area (Å²) in [7, 11) is 0. The minimum absolute atomic E-state index is 0.0369. The zero-order valence-electron chi connectivity index (χ0n) is 7.57. The van der Waals surface area contributed by atoms with Crippen LogP contribution in [0, 0.1) is 6.92 Å². The summed E-state index contributed by atoms with van der Waals surface area (Å²) in [5, 5.41) is 6.43. The molecule has 0 fully saturated rings. The number of rotatable bonds is 3. The highest BCUT2D eigenvalue weighted by Gasteiger charge is 2.12. The number of aryl methyl sites for hydroxylation is 1. The van der Waals surface area contributed by atoms with Gasteiger partial charge in [-0.05, 0) is 25.4 Å². The van der Waals surface area contributed by atoms with Crippen molar-refractivity contribution in [1.29, 1.82) is 0 Å². The lowest BCUT2D eigenvalue weighted by molar-refractivity contribution is 0.0955. The normalized spacial score (nSPS) is 12.5. The van der Waals surface area contributed by atoms with E-state index in [0.717, 1.165) is 11.5 Å². The maximum atomic E-state index is 11.4. The van der Waals surface area contributed by atoms with Gasteiger partial charge in [-0.15, -0.1) is 5.10 Å². The van der Waals surface area contributed by atoms with Crippen LogP contribution in [0.3, 0.4) is 0 Å². The van der Waals surface area contributed by atoms with E-state index in [-0.39, 0.29) is 11.9 Å². The van der Waals surface area contributed by atoms with Crippen LogP contribution < -0.4 is 11.1 Å². The summed E-state index contributed by atoms with van der Waals surface area (Å²) in [4.78, 5) is 12.0. The van der Waals surface area contributed by atoms with Crippen LogP contribution >= 0.6 is 11.5 Å². The first-order valence-corrected chi connectivity index (χ1v) is 4.71. The standard InChI is InChI=1S/C7H12N4OS/c1-4(8)3-9-7(12)6-5(2)10-11-13-6/h4H,3,8H2,1-2H3,(H,9,12). The van der Waals surface area contributed by atoms with E-state index in [0.29, 0.717) is 17.1 Å². The van der Waals surface area contributed by atoms with Gasteiger partial charge in [-0.1, -0.05) is 4.49 Å². The molecule has 0 aliphatic rings. The maximum Gasteiger partial charge on any atom is 0.264 e. The van der Waals surface area contributed by atoms with E-state index < -0.39 is 0 Å². The Bertz CT molecular complexity index is 296. The molecule has 0 aliphatic carbocycles. The number of hydrogen-bond acceptors (Lipinski definition) is 5. The molecule has 1 amide bonds. The third-order valence-electron chi connectivity index (χ3n) is 1.44. The van der Waals surface area contributed by atoms with Crippen LogP contribution in [0.15, 0.2) is 0 Å². The highest BCUT2D eigenvalue weighted by atomic mass is 32.1.